The molecule has 10 rings (SSSR count). The van der Waals surface area contributed by atoms with Gasteiger partial charge in [-0.15, -0.1) is 0 Å². The van der Waals surface area contributed by atoms with Crippen molar-refractivity contribution in [2.45, 2.75) is 20.0 Å². The zero-order valence-electron chi connectivity index (χ0n) is 33.9. The van der Waals surface area contributed by atoms with Gasteiger partial charge in [0.1, 0.15) is 17.2 Å². The Balaban J connectivity index is 1.36. The summed E-state index contributed by atoms with van der Waals surface area (Å²) in [5, 5.41) is 41.9. The van der Waals surface area contributed by atoms with Crippen molar-refractivity contribution in [3.05, 3.63) is 173 Å². The molecule has 3 aromatic heterocycles. The second kappa shape index (κ2) is 14.8. The van der Waals surface area contributed by atoms with E-state index in [0.717, 1.165) is 0 Å². The minimum Gasteiger partial charge on any atom is -0.309 e. The lowest BCUT2D eigenvalue weighted by atomic mass is 9.99. The summed E-state index contributed by atoms with van der Waals surface area (Å²) in [6, 6.07) is 46.3. The van der Waals surface area contributed by atoms with E-state index in [4.69, 9.17) is 0 Å². The molecule has 0 saturated carbocycles. The average molecular weight is 836 g/mol. The van der Waals surface area contributed by atoms with Crippen LogP contribution in [-0.4, -0.2) is 24.1 Å². The summed E-state index contributed by atoms with van der Waals surface area (Å²) in [5.41, 5.74) is 4.27. The maximum Gasteiger partial charge on any atom is 0.420 e. The Morgan fingerprint density at radius 2 is 0.812 bits per heavy atom. The number of fused-ring (bicyclic) bond motifs is 6. The molecule has 7 aromatic carbocycles. The van der Waals surface area contributed by atoms with Crippen LogP contribution in [0.3, 0.4) is 0 Å². The first kappa shape index (κ1) is 39.1. The summed E-state index contributed by atoms with van der Waals surface area (Å²) in [5.74, 6) is 0.959. The SMILES string of the molecule is Cc1nc(C)nc(-c2cc(-n3c4ccccc4c4ccc(-c5cc(C#N)cc(C#N)c5)cc43)c(C(F)(F)F)c(-n3c4ccccc4c4ccc(-c5cc(C#N)cc(C#N)c5)cc43)c2)n1. The normalized spacial score (nSPS) is 11.5. The van der Waals surface area contributed by atoms with Crippen LogP contribution in [0.2, 0.25) is 0 Å². The van der Waals surface area contributed by atoms with Gasteiger partial charge in [-0.2, -0.15) is 34.2 Å². The highest BCUT2D eigenvalue weighted by molar-refractivity contribution is 6.12. The Bertz CT molecular complexity index is 3510. The molecule has 0 spiro atoms. The van der Waals surface area contributed by atoms with Gasteiger partial charge in [-0.3, -0.25) is 0 Å². The van der Waals surface area contributed by atoms with Crippen LogP contribution in [0.4, 0.5) is 13.2 Å². The van der Waals surface area contributed by atoms with Gasteiger partial charge < -0.3 is 9.13 Å². The molecule has 0 N–H and O–H groups in total. The molecule has 0 bridgehead atoms. The van der Waals surface area contributed by atoms with Crippen LogP contribution in [0.1, 0.15) is 39.5 Å². The van der Waals surface area contributed by atoms with E-state index in [9.17, 15) is 21.0 Å². The van der Waals surface area contributed by atoms with Crippen molar-refractivity contribution >= 4 is 43.6 Å². The molecule has 64 heavy (non-hydrogen) atoms. The fourth-order valence-electron chi connectivity index (χ4n) is 8.79. The van der Waals surface area contributed by atoms with Crippen molar-refractivity contribution in [3.8, 4) is 69.3 Å². The van der Waals surface area contributed by atoms with Crippen LogP contribution in [0.5, 0.6) is 0 Å². The number of aromatic nitrogens is 5. The van der Waals surface area contributed by atoms with Gasteiger partial charge in [-0.25, -0.2) is 15.0 Å². The molecule has 9 nitrogen and oxygen atoms in total. The number of alkyl halides is 3. The average Bonchev–Trinajstić information content (AvgIpc) is 3.82. The zero-order valence-corrected chi connectivity index (χ0v) is 33.9. The van der Waals surface area contributed by atoms with Gasteiger partial charge in [0.15, 0.2) is 5.82 Å². The quantitative estimate of drug-likeness (QED) is 0.168. The zero-order chi connectivity index (χ0) is 44.4. The number of hydrogen-bond acceptors (Lipinski definition) is 7. The molecule has 0 unspecified atom stereocenters. The van der Waals surface area contributed by atoms with Crippen molar-refractivity contribution in [1.82, 2.24) is 24.1 Å². The highest BCUT2D eigenvalue weighted by atomic mass is 19.4. The molecule has 3 heterocycles. The van der Waals surface area contributed by atoms with E-state index in [1.807, 2.05) is 48.5 Å². The summed E-state index contributed by atoms with van der Waals surface area (Å²) < 4.78 is 53.0. The molecule has 0 radical (unpaired) electrons. The lowest BCUT2D eigenvalue weighted by Crippen LogP contribution is -2.16. The van der Waals surface area contributed by atoms with Crippen molar-refractivity contribution < 1.29 is 13.2 Å². The monoisotopic (exact) mass is 835 g/mol. The molecule has 0 fully saturated rings. The van der Waals surface area contributed by atoms with Gasteiger partial charge in [0.25, 0.3) is 0 Å². The van der Waals surface area contributed by atoms with E-state index in [-0.39, 0.29) is 39.5 Å². The Labute approximate surface area is 363 Å². The number of nitriles is 4. The van der Waals surface area contributed by atoms with E-state index < -0.39 is 11.7 Å². The summed E-state index contributed by atoms with van der Waals surface area (Å²) in [4.78, 5) is 13.6. The van der Waals surface area contributed by atoms with Gasteiger partial charge in [0.2, 0.25) is 0 Å². The first-order valence-corrected chi connectivity index (χ1v) is 19.9. The first-order valence-electron chi connectivity index (χ1n) is 19.9. The fourth-order valence-corrected chi connectivity index (χ4v) is 8.79. The Morgan fingerprint density at radius 3 is 1.20 bits per heavy atom. The third-order valence-electron chi connectivity index (χ3n) is 11.4. The lowest BCUT2D eigenvalue weighted by molar-refractivity contribution is -0.137. The molecule has 0 amide bonds. The summed E-state index contributed by atoms with van der Waals surface area (Å²) in [7, 11) is 0. The number of aryl methyl sites for hydroxylation is 2. The molecule has 302 valence electrons. The third kappa shape index (κ3) is 6.43. The Morgan fingerprint density at radius 1 is 0.422 bits per heavy atom. The summed E-state index contributed by atoms with van der Waals surface area (Å²) >= 11 is 0. The van der Waals surface area contributed by atoms with Gasteiger partial charge in [0.05, 0.1) is 80.0 Å². The number of hydrogen-bond donors (Lipinski definition) is 0. The molecule has 0 aliphatic heterocycles. The van der Waals surface area contributed by atoms with E-state index >= 15 is 13.2 Å². The van der Waals surface area contributed by atoms with Crippen molar-refractivity contribution in [2.75, 3.05) is 0 Å². The number of para-hydroxylation sites is 2. The van der Waals surface area contributed by atoms with Gasteiger partial charge in [-0.1, -0.05) is 60.7 Å². The predicted octanol–water partition coefficient (Wildman–Crippen LogP) is 12.2. The van der Waals surface area contributed by atoms with Crippen molar-refractivity contribution in [2.24, 2.45) is 0 Å². The summed E-state index contributed by atoms with van der Waals surface area (Å²) in [6.07, 6.45) is -4.95. The Hall–Kier alpha value is -9.10. The maximum absolute atomic E-state index is 16.6. The highest BCUT2D eigenvalue weighted by Crippen LogP contribution is 2.46. The second-order valence-corrected chi connectivity index (χ2v) is 15.4. The lowest BCUT2D eigenvalue weighted by Gasteiger charge is -2.23. The minimum absolute atomic E-state index is 0.179. The molecule has 0 aliphatic carbocycles. The largest absolute Gasteiger partial charge is 0.420 e. The molecule has 10 aromatic rings. The molecule has 0 aliphatic rings. The predicted molar refractivity (Wildman–Crippen MR) is 238 cm³/mol. The van der Waals surface area contributed by atoms with Gasteiger partial charge in [-0.05, 0) is 109 Å². The van der Waals surface area contributed by atoms with Crippen LogP contribution in [0, 0.1) is 59.2 Å². The standard InChI is InChI=1S/C52H28F3N9/c1-29-60-30(2)62-51(61-29)39-23-48(63-44-9-5-3-7-40(44)42-13-11-35(21-46(42)63)37-17-31(25-56)15-32(18-37)26-57)50(52(53,54)55)49(24-39)64-45-10-6-4-8-41(45)43-14-12-36(22-47(43)64)38-19-33(27-58)16-34(20-38)28-59/h3-24H,1-2H3. The van der Waals surface area contributed by atoms with Crippen LogP contribution >= 0.6 is 0 Å². The van der Waals surface area contributed by atoms with E-state index in [2.05, 4.69) is 39.2 Å². The maximum atomic E-state index is 16.6. The molecular formula is C52H28F3N9. The number of rotatable bonds is 5. The number of benzene rings is 7. The van der Waals surface area contributed by atoms with Crippen LogP contribution < -0.4 is 0 Å². The highest BCUT2D eigenvalue weighted by Gasteiger charge is 2.40. The van der Waals surface area contributed by atoms with Crippen molar-refractivity contribution in [1.29, 1.82) is 21.0 Å². The van der Waals surface area contributed by atoms with Crippen LogP contribution in [0.25, 0.3) is 88.6 Å². The van der Waals surface area contributed by atoms with Crippen LogP contribution in [-0.2, 0) is 6.18 Å². The number of halogens is 3. The van der Waals surface area contributed by atoms with Gasteiger partial charge >= 0.3 is 6.18 Å². The topological polar surface area (TPSA) is 144 Å². The van der Waals surface area contributed by atoms with Crippen molar-refractivity contribution in [3.63, 3.8) is 0 Å². The van der Waals surface area contributed by atoms with Gasteiger partial charge in [0, 0.05) is 27.1 Å². The molecule has 0 saturated heterocycles. The fraction of sp³-hybridized carbons (Fsp3) is 0.0577. The third-order valence-corrected chi connectivity index (χ3v) is 11.4. The second-order valence-electron chi connectivity index (χ2n) is 15.4. The first-order chi connectivity index (χ1) is 31.0. The number of nitrogens with zero attached hydrogens (tertiary/aromatic N) is 9. The summed E-state index contributed by atoms with van der Waals surface area (Å²) in [6.45, 7) is 3.40. The molecule has 12 heteroatoms. The molecule has 0 atom stereocenters. The van der Waals surface area contributed by atoms with Crippen LogP contribution in [0.15, 0.2) is 133 Å². The Kier molecular flexibility index (Phi) is 9.04. The van der Waals surface area contributed by atoms with E-state index in [0.29, 0.717) is 83.1 Å². The smallest absolute Gasteiger partial charge is 0.309 e. The minimum atomic E-state index is -4.95. The molecular weight excluding hydrogens is 808 g/mol. The van der Waals surface area contributed by atoms with E-state index in [1.165, 1.54) is 24.3 Å². The van der Waals surface area contributed by atoms with E-state index in [1.54, 1.807) is 83.6 Å².